The minimum Gasteiger partial charge on any atom is -0.489 e. The van der Waals surface area contributed by atoms with Crippen molar-refractivity contribution in [2.45, 2.75) is 184 Å². The van der Waals surface area contributed by atoms with Crippen LogP contribution in [0.15, 0.2) is 47.6 Å². The Labute approximate surface area is 595 Å². The van der Waals surface area contributed by atoms with Gasteiger partial charge in [0.05, 0.1) is 38.6 Å². The number of benzene rings is 2. The Hall–Kier alpha value is -4.49. The fraction of sp³-hybridized carbons (Fsp3) is 0.768. The molecule has 22 aliphatic rings. The van der Waals surface area contributed by atoms with Crippen LogP contribution in [0.4, 0.5) is 5.69 Å². The van der Waals surface area contributed by atoms with Gasteiger partial charge in [0.2, 0.25) is 0 Å². The topological polar surface area (TPSA) is 326 Å². The first-order valence-corrected chi connectivity index (χ1v) is 33.3. The predicted molar refractivity (Wildman–Crippen MR) is 351 cm³/mol. The van der Waals surface area contributed by atoms with E-state index in [1.165, 1.54) is 121 Å². The van der Waals surface area contributed by atoms with Gasteiger partial charge in [0, 0.05) is 143 Å². The fourth-order valence-corrected chi connectivity index (χ4v) is 14.4. The molecule has 0 N–H and O–H groups in total. The summed E-state index contributed by atoms with van der Waals surface area (Å²) in [4.78, 5) is 3.03. The van der Waals surface area contributed by atoms with Crippen LogP contribution >= 0.6 is 0 Å². The minimum absolute atomic E-state index is 0.0353. The molecule has 2 aromatic carbocycles. The molecule has 33 nitrogen and oxygen atoms in total. The van der Waals surface area contributed by atoms with Gasteiger partial charge in [-0.05, 0) is 41.9 Å². The average molecular weight is 1450 g/mol. The first-order valence-electron chi connectivity index (χ1n) is 33.3. The van der Waals surface area contributed by atoms with Crippen LogP contribution in [0.2, 0.25) is 0 Å². The smallest absolute Gasteiger partial charge is 0.187 e. The molecule has 0 saturated carbocycles. The van der Waals surface area contributed by atoms with Crippen molar-refractivity contribution in [2.24, 2.45) is 5.11 Å². The van der Waals surface area contributed by atoms with Gasteiger partial charge < -0.3 is 142 Å². The summed E-state index contributed by atoms with van der Waals surface area (Å²) in [6.45, 7) is -0.634. The van der Waals surface area contributed by atoms with Gasteiger partial charge in [-0.1, -0.05) is 28.9 Å². The van der Waals surface area contributed by atoms with Crippen LogP contribution in [0.5, 0.6) is 5.75 Å². The van der Waals surface area contributed by atoms with Crippen LogP contribution < -0.4 is 4.74 Å². The Morgan fingerprint density at radius 1 is 0.333 bits per heavy atom. The van der Waals surface area contributed by atoms with Crippen molar-refractivity contribution in [3.63, 3.8) is 0 Å². The van der Waals surface area contributed by atoms with Gasteiger partial charge in [0.15, 0.2) is 37.7 Å². The largest absolute Gasteiger partial charge is 0.489 e. The van der Waals surface area contributed by atoms with Crippen molar-refractivity contribution in [1.82, 2.24) is 0 Å². The molecule has 572 valence electrons. The maximum atomic E-state index is 9.62. The third-order valence-electron chi connectivity index (χ3n) is 19.1. The van der Waals surface area contributed by atoms with E-state index in [4.69, 9.17) is 149 Å². The Balaban J connectivity index is 1.17. The molecule has 30 atom stereocenters. The zero-order chi connectivity index (χ0) is 73.1. The molecule has 0 radical (unpaired) electrons. The van der Waals surface area contributed by atoms with Gasteiger partial charge in [-0.3, -0.25) is 0 Å². The Morgan fingerprint density at radius 3 is 0.824 bits per heavy atom. The van der Waals surface area contributed by atoms with Crippen LogP contribution in [0, 0.1) is 24.2 Å². The molecular formula is C69H101N3O30. The summed E-state index contributed by atoms with van der Waals surface area (Å²) >= 11 is 0. The number of azide groups is 1. The maximum Gasteiger partial charge on any atom is 0.187 e. The van der Waals surface area contributed by atoms with E-state index in [-0.39, 0.29) is 51.1 Å². The van der Waals surface area contributed by atoms with Crippen molar-refractivity contribution in [3.8, 4) is 29.9 Å². The molecular weight excluding hydrogens is 1350 g/mol. The Morgan fingerprint density at radius 2 is 0.588 bits per heavy atom. The Bertz CT molecular complexity index is 2990. The number of rotatable bonds is 26. The lowest BCUT2D eigenvalue weighted by Gasteiger charge is -2.53. The average Bonchev–Trinajstić information content (AvgIpc) is 0.764. The molecule has 0 spiro atoms. The molecule has 0 amide bonds. The first-order chi connectivity index (χ1) is 49.7. The predicted octanol–water partition coefficient (Wildman–Crippen LogP) is 2.47. The molecule has 0 aliphatic carbocycles. The maximum absolute atomic E-state index is 9.62. The normalized spacial score (nSPS) is 39.6. The highest BCUT2D eigenvalue weighted by Crippen LogP contribution is 2.43. The van der Waals surface area contributed by atoms with Crippen molar-refractivity contribution in [1.29, 1.82) is 0 Å². The van der Waals surface area contributed by atoms with E-state index in [9.17, 15) is 5.53 Å². The standard InChI is InChI=1S/C69H101N3O30/c1-19-35-20-22-36(23-21-35)24-25-37-26-27-38(71-72-70)28-39(37)90-34-45-51-57(83-12)63(89-18)69(96-45)101-50-44(33-77-6)94-67(61(87-16)56(50)82-11)99-48-42(31-75-4)92-65(59(85-14)54(48)80-9)97-46-40(29-73-2)91-64(58(84-13)52(46)78-7)98-47-41(30-74-3)93-66(60(86-15)53(47)79-8)100-49-43(32-76-5)95-68(102-51)62(88-17)55(49)81-10/h1,20-23,26-28,40-69H,29-34H2,2-18H3. The highest BCUT2D eigenvalue weighted by molar-refractivity contribution is 5.56. The lowest BCUT2D eigenvalue weighted by molar-refractivity contribution is -0.409. The van der Waals surface area contributed by atoms with E-state index in [0.717, 1.165) is 0 Å². The lowest BCUT2D eigenvalue weighted by Crippen LogP contribution is -2.70. The highest BCUT2D eigenvalue weighted by Gasteiger charge is 2.61. The molecule has 22 heterocycles. The SMILES string of the molecule is C#Cc1ccc(C#Cc2ccc(N=[N+]=[N-])cc2OCC2OC3OC4C(COC)OC(OC5C(COC)OC(OC6C(COC)OC(OC7C(COC)OC(OC8C(COC)OC(OC2C(OC)C3OC)C(OC)C8OC)C(OC)C7OC)C(OC)C6OC)C(OC)C5OC)C(OC)C4OC)cc1. The molecule has 24 rings (SSSR count). The van der Waals surface area contributed by atoms with Crippen LogP contribution in [0.25, 0.3) is 10.4 Å². The van der Waals surface area contributed by atoms with Gasteiger partial charge in [0.25, 0.3) is 0 Å². The number of nitrogens with zero attached hydrogens (tertiary/aromatic N) is 3. The van der Waals surface area contributed by atoms with Crippen molar-refractivity contribution < 1.29 is 142 Å². The summed E-state index contributed by atoms with van der Waals surface area (Å²) < 4.78 is 196. The second kappa shape index (κ2) is 39.9. The Kier molecular flexibility index (Phi) is 31.9. The van der Waals surface area contributed by atoms with Gasteiger partial charge in [-0.2, -0.15) is 0 Å². The molecule has 22 fully saturated rings. The lowest BCUT2D eigenvalue weighted by atomic mass is 9.94. The van der Waals surface area contributed by atoms with E-state index in [0.29, 0.717) is 16.7 Å². The summed E-state index contributed by atoms with van der Waals surface area (Å²) in [7, 11) is 25.4. The number of methoxy groups -OCH3 is 17. The summed E-state index contributed by atoms with van der Waals surface area (Å²) in [5.74, 6) is 9.19. The van der Waals surface area contributed by atoms with E-state index in [1.807, 2.05) is 0 Å². The van der Waals surface area contributed by atoms with Crippen LogP contribution in [-0.2, 0) is 137 Å². The third kappa shape index (κ3) is 18.2. The van der Waals surface area contributed by atoms with Crippen LogP contribution in [-0.4, -0.2) is 345 Å². The number of ether oxygens (including phenoxy) is 30. The van der Waals surface area contributed by atoms with E-state index in [2.05, 4.69) is 27.8 Å². The van der Waals surface area contributed by atoms with Crippen molar-refractivity contribution in [2.75, 3.05) is 161 Å². The summed E-state index contributed by atoms with van der Waals surface area (Å²) in [6, 6.07) is 12.0. The molecule has 0 aromatic heterocycles. The molecule has 22 saturated heterocycles. The van der Waals surface area contributed by atoms with E-state index < -0.39 is 184 Å². The quantitative estimate of drug-likeness (QED) is 0.0565. The van der Waals surface area contributed by atoms with Gasteiger partial charge in [-0.15, -0.1) is 6.42 Å². The molecule has 22 aliphatic heterocycles. The van der Waals surface area contributed by atoms with Crippen LogP contribution in [0.1, 0.15) is 16.7 Å². The number of hydrogen-bond acceptors (Lipinski definition) is 31. The second-order valence-corrected chi connectivity index (χ2v) is 24.7. The van der Waals surface area contributed by atoms with E-state index >= 15 is 0 Å². The van der Waals surface area contributed by atoms with Gasteiger partial charge >= 0.3 is 0 Å². The second-order valence-electron chi connectivity index (χ2n) is 24.7. The number of hydrogen-bond donors (Lipinski definition) is 0. The van der Waals surface area contributed by atoms with Gasteiger partial charge in [-0.25, -0.2) is 0 Å². The van der Waals surface area contributed by atoms with Crippen LogP contribution in [0.3, 0.4) is 0 Å². The first kappa shape index (κ1) is 81.6. The summed E-state index contributed by atoms with van der Waals surface area (Å²) in [6.07, 6.45) is -26.9. The fourth-order valence-electron chi connectivity index (χ4n) is 14.4. The molecule has 2 aromatic rings. The highest BCUT2D eigenvalue weighted by atomic mass is 16.8. The number of terminal acetylenes is 1. The van der Waals surface area contributed by atoms with Crippen molar-refractivity contribution in [3.05, 3.63) is 69.6 Å². The zero-order valence-corrected chi connectivity index (χ0v) is 60.8. The van der Waals surface area contributed by atoms with E-state index in [1.54, 1.807) is 42.5 Å². The molecule has 30 unspecified atom stereocenters. The summed E-state index contributed by atoms with van der Waals surface area (Å²) in [5.41, 5.74) is 11.6. The molecule has 102 heavy (non-hydrogen) atoms. The zero-order valence-electron chi connectivity index (χ0n) is 60.8. The minimum atomic E-state index is -1.37. The summed E-state index contributed by atoms with van der Waals surface area (Å²) in [5, 5.41) is 3.87. The van der Waals surface area contributed by atoms with Crippen molar-refractivity contribution >= 4 is 5.69 Å². The molecule has 33 heteroatoms. The van der Waals surface area contributed by atoms with Gasteiger partial charge in [0.1, 0.15) is 159 Å². The molecule has 12 bridgehead atoms. The monoisotopic (exact) mass is 1450 g/mol. The third-order valence-corrected chi connectivity index (χ3v) is 19.1.